The molecular formula is C13H11BrClFN2O2S. The predicted molar refractivity (Wildman–Crippen MR) is 85.5 cm³/mol. The molecule has 0 atom stereocenters. The van der Waals surface area contributed by atoms with E-state index in [2.05, 4.69) is 20.7 Å². The largest absolute Gasteiger partial charge is 0.396 e. The van der Waals surface area contributed by atoms with Crippen molar-refractivity contribution in [1.82, 2.24) is 0 Å². The molecule has 0 saturated carbocycles. The van der Waals surface area contributed by atoms with E-state index in [0.29, 0.717) is 9.50 Å². The smallest absolute Gasteiger partial charge is 0.262 e. The summed E-state index contributed by atoms with van der Waals surface area (Å²) in [5, 5.41) is 0.381. The third-order valence-electron chi connectivity index (χ3n) is 2.76. The van der Waals surface area contributed by atoms with E-state index in [1.54, 1.807) is 12.1 Å². The highest BCUT2D eigenvalue weighted by atomic mass is 79.9. The lowest BCUT2D eigenvalue weighted by molar-refractivity contribution is 0.599. The number of anilines is 2. The molecule has 4 nitrogen and oxygen atoms in total. The van der Waals surface area contributed by atoms with E-state index >= 15 is 0 Å². The zero-order valence-corrected chi connectivity index (χ0v) is 14.0. The summed E-state index contributed by atoms with van der Waals surface area (Å²) < 4.78 is 41.0. The summed E-state index contributed by atoms with van der Waals surface area (Å²) in [6.07, 6.45) is 0. The van der Waals surface area contributed by atoms with Crippen LogP contribution in [0.3, 0.4) is 0 Å². The average molecular weight is 394 g/mol. The molecule has 0 unspecified atom stereocenters. The van der Waals surface area contributed by atoms with E-state index in [1.807, 2.05) is 0 Å². The number of hydrogen-bond acceptors (Lipinski definition) is 3. The Balaban J connectivity index is 2.48. The first-order chi connectivity index (χ1) is 9.70. The molecule has 0 aliphatic carbocycles. The minimum atomic E-state index is -3.91. The van der Waals surface area contributed by atoms with E-state index in [9.17, 15) is 12.8 Å². The molecule has 2 rings (SSSR count). The van der Waals surface area contributed by atoms with Crippen LogP contribution in [0.5, 0.6) is 0 Å². The fourth-order valence-electron chi connectivity index (χ4n) is 1.73. The topological polar surface area (TPSA) is 72.2 Å². The summed E-state index contributed by atoms with van der Waals surface area (Å²) in [6.45, 7) is 1.49. The standard InChI is InChI=1S/C13H11BrClFN2O2S/c1-7-4-10(16)11(17)6-13(7)21(19,20)18-12-5-8(15)2-3-9(12)14/h2-6,18H,17H2,1H3. The van der Waals surface area contributed by atoms with Crippen LogP contribution in [-0.4, -0.2) is 8.42 Å². The Hall–Kier alpha value is -1.31. The molecule has 8 heteroatoms. The maximum atomic E-state index is 13.3. The van der Waals surface area contributed by atoms with Gasteiger partial charge in [-0.3, -0.25) is 4.72 Å². The number of aryl methyl sites for hydroxylation is 1. The minimum Gasteiger partial charge on any atom is -0.396 e. The molecular weight excluding hydrogens is 383 g/mol. The Labute approximate surface area is 135 Å². The molecule has 112 valence electrons. The highest BCUT2D eigenvalue weighted by molar-refractivity contribution is 9.10. The number of nitrogens with two attached hydrogens (primary N) is 1. The number of halogens is 3. The van der Waals surface area contributed by atoms with Crippen molar-refractivity contribution in [2.45, 2.75) is 11.8 Å². The van der Waals surface area contributed by atoms with Gasteiger partial charge in [0.2, 0.25) is 0 Å². The summed E-state index contributed by atoms with van der Waals surface area (Å²) in [5.41, 5.74) is 5.74. The number of sulfonamides is 1. The maximum absolute atomic E-state index is 13.3. The number of hydrogen-bond donors (Lipinski definition) is 2. The summed E-state index contributed by atoms with van der Waals surface area (Å²) in [4.78, 5) is -0.0896. The van der Waals surface area contributed by atoms with Crippen LogP contribution in [-0.2, 0) is 10.0 Å². The molecule has 0 fully saturated rings. The van der Waals surface area contributed by atoms with Gasteiger partial charge in [0.1, 0.15) is 5.82 Å². The van der Waals surface area contributed by atoms with E-state index in [1.165, 1.54) is 13.0 Å². The van der Waals surface area contributed by atoms with Crippen LogP contribution in [0.15, 0.2) is 39.7 Å². The summed E-state index contributed by atoms with van der Waals surface area (Å²) in [6, 6.07) is 6.87. The normalized spacial score (nSPS) is 11.4. The first-order valence-corrected chi connectivity index (χ1v) is 8.39. The van der Waals surface area contributed by atoms with Gasteiger partial charge < -0.3 is 5.73 Å². The number of rotatable bonds is 3. The predicted octanol–water partition coefficient (Wildman–Crippen LogP) is 3.93. The van der Waals surface area contributed by atoms with E-state index < -0.39 is 15.8 Å². The zero-order valence-electron chi connectivity index (χ0n) is 10.8. The van der Waals surface area contributed by atoms with Gasteiger partial charge in [-0.15, -0.1) is 0 Å². The highest BCUT2D eigenvalue weighted by Gasteiger charge is 2.20. The fourth-order valence-corrected chi connectivity index (χ4v) is 3.72. The molecule has 3 N–H and O–H groups in total. The Bertz CT molecular complexity index is 812. The molecule has 0 amide bonds. The third-order valence-corrected chi connectivity index (χ3v) is 5.19. The van der Waals surface area contributed by atoms with Gasteiger partial charge in [0, 0.05) is 9.50 Å². The van der Waals surface area contributed by atoms with E-state index in [4.69, 9.17) is 17.3 Å². The van der Waals surface area contributed by atoms with Gasteiger partial charge in [-0.2, -0.15) is 0 Å². The Morgan fingerprint density at radius 2 is 1.95 bits per heavy atom. The second-order valence-electron chi connectivity index (χ2n) is 4.37. The molecule has 0 aromatic heterocycles. The Morgan fingerprint density at radius 1 is 1.29 bits per heavy atom. The van der Waals surface area contributed by atoms with Crippen LogP contribution in [0.1, 0.15) is 5.56 Å². The van der Waals surface area contributed by atoms with Crippen LogP contribution in [0.4, 0.5) is 15.8 Å². The molecule has 0 aliphatic heterocycles. The quantitative estimate of drug-likeness (QED) is 0.776. The first-order valence-electron chi connectivity index (χ1n) is 5.74. The molecule has 0 bridgehead atoms. The molecule has 0 saturated heterocycles. The minimum absolute atomic E-state index is 0.0896. The molecule has 0 heterocycles. The van der Waals surface area contributed by atoms with Gasteiger partial charge in [-0.05, 0) is 58.7 Å². The number of benzene rings is 2. The molecule has 0 aliphatic rings. The van der Waals surface area contributed by atoms with Crippen molar-refractivity contribution >= 4 is 48.9 Å². The number of nitrogen functional groups attached to an aromatic ring is 1. The zero-order chi connectivity index (χ0) is 15.8. The van der Waals surface area contributed by atoms with Gasteiger partial charge in [-0.25, -0.2) is 12.8 Å². The van der Waals surface area contributed by atoms with Crippen molar-refractivity contribution in [3.63, 3.8) is 0 Å². The van der Waals surface area contributed by atoms with Gasteiger partial charge in [0.05, 0.1) is 16.3 Å². The van der Waals surface area contributed by atoms with Crippen LogP contribution in [0.2, 0.25) is 5.02 Å². The van der Waals surface area contributed by atoms with E-state index in [0.717, 1.165) is 12.1 Å². The molecule has 0 radical (unpaired) electrons. The summed E-state index contributed by atoms with van der Waals surface area (Å²) >= 11 is 9.07. The Morgan fingerprint density at radius 3 is 2.62 bits per heavy atom. The van der Waals surface area contributed by atoms with Crippen molar-refractivity contribution in [2.75, 3.05) is 10.5 Å². The lowest BCUT2D eigenvalue weighted by Crippen LogP contribution is -2.15. The van der Waals surface area contributed by atoms with Crippen LogP contribution in [0.25, 0.3) is 0 Å². The van der Waals surface area contributed by atoms with Gasteiger partial charge >= 0.3 is 0 Å². The SMILES string of the molecule is Cc1cc(F)c(N)cc1S(=O)(=O)Nc1cc(Cl)ccc1Br. The van der Waals surface area contributed by atoms with E-state index in [-0.39, 0.29) is 21.8 Å². The molecule has 2 aromatic carbocycles. The van der Waals surface area contributed by atoms with Crippen molar-refractivity contribution < 1.29 is 12.8 Å². The van der Waals surface area contributed by atoms with Crippen LogP contribution in [0, 0.1) is 12.7 Å². The first kappa shape index (κ1) is 16.1. The average Bonchev–Trinajstić information content (AvgIpc) is 2.37. The molecule has 21 heavy (non-hydrogen) atoms. The fraction of sp³-hybridized carbons (Fsp3) is 0.0769. The van der Waals surface area contributed by atoms with Crippen LogP contribution >= 0.6 is 27.5 Å². The lowest BCUT2D eigenvalue weighted by Gasteiger charge is -2.13. The highest BCUT2D eigenvalue weighted by Crippen LogP contribution is 2.29. The van der Waals surface area contributed by atoms with Crippen LogP contribution < -0.4 is 10.5 Å². The van der Waals surface area contributed by atoms with Gasteiger partial charge in [-0.1, -0.05) is 11.6 Å². The monoisotopic (exact) mass is 392 g/mol. The maximum Gasteiger partial charge on any atom is 0.262 e. The number of nitrogens with one attached hydrogen (secondary N) is 1. The van der Waals surface area contributed by atoms with Gasteiger partial charge in [0.15, 0.2) is 0 Å². The van der Waals surface area contributed by atoms with Gasteiger partial charge in [0.25, 0.3) is 10.0 Å². The second kappa shape index (κ2) is 5.82. The van der Waals surface area contributed by atoms with Crippen molar-refractivity contribution in [2.24, 2.45) is 0 Å². The Kier molecular flexibility index (Phi) is 4.46. The van der Waals surface area contributed by atoms with Crippen molar-refractivity contribution in [1.29, 1.82) is 0 Å². The molecule has 2 aromatic rings. The second-order valence-corrected chi connectivity index (χ2v) is 7.31. The summed E-state index contributed by atoms with van der Waals surface area (Å²) in [7, 11) is -3.91. The van der Waals surface area contributed by atoms with Crippen molar-refractivity contribution in [3.8, 4) is 0 Å². The lowest BCUT2D eigenvalue weighted by atomic mass is 10.2. The van der Waals surface area contributed by atoms with Crippen molar-refractivity contribution in [3.05, 3.63) is 51.2 Å². The third kappa shape index (κ3) is 3.48. The summed E-state index contributed by atoms with van der Waals surface area (Å²) in [5.74, 6) is -0.657. The molecule has 0 spiro atoms.